The number of hydrogen-bond acceptors (Lipinski definition) is 0. The number of hydrogen-bond donors (Lipinski definition) is 0. The molecule has 0 saturated carbocycles. The number of rotatable bonds is 4. The third kappa shape index (κ3) is 5.30. The molecule has 0 spiro atoms. The average Bonchev–Trinajstić information content (AvgIpc) is 1.83. The zero-order valence-corrected chi connectivity index (χ0v) is 8.71. The second-order valence-electron chi connectivity index (χ2n) is 1.86. The molecule has 0 fully saturated rings. The Bertz CT molecular complexity index is 47.8. The van der Waals surface area contributed by atoms with Gasteiger partial charge in [-0.3, -0.25) is 0 Å². The third-order valence-corrected chi connectivity index (χ3v) is 6.08. The second kappa shape index (κ2) is 6.28. The Morgan fingerprint density at radius 3 is 2.38 bits per heavy atom. The zero-order valence-electron chi connectivity index (χ0n) is 5.65. The first-order valence-electron chi connectivity index (χ1n) is 3.22. The van der Waals surface area contributed by atoms with Gasteiger partial charge in [0.1, 0.15) is 0 Å². The van der Waals surface area contributed by atoms with E-state index in [1.54, 1.807) is 0 Å². The standard InChI is InChI=1S/C6H14IP/c1-3-5-6-8(7)4-2/h3-6H2,1-2H3. The van der Waals surface area contributed by atoms with Crippen molar-refractivity contribution < 1.29 is 0 Å². The van der Waals surface area contributed by atoms with E-state index in [0.29, 0.717) is 5.56 Å². The van der Waals surface area contributed by atoms with Crippen molar-refractivity contribution in [2.24, 2.45) is 0 Å². The molecule has 0 aromatic rings. The summed E-state index contributed by atoms with van der Waals surface area (Å²) in [6, 6.07) is 0. The SMILES string of the molecule is CCCCP(I)CC. The first kappa shape index (κ1) is 9.16. The Hall–Kier alpha value is 1.16. The van der Waals surface area contributed by atoms with Gasteiger partial charge in [0.05, 0.1) is 0 Å². The smallest absolute Gasteiger partial charge is 0.0235 e. The highest BCUT2D eigenvalue weighted by Gasteiger charge is 1.95. The van der Waals surface area contributed by atoms with Gasteiger partial charge in [0.15, 0.2) is 0 Å². The fourth-order valence-electron chi connectivity index (χ4n) is 0.488. The van der Waals surface area contributed by atoms with E-state index in [4.69, 9.17) is 0 Å². The van der Waals surface area contributed by atoms with Crippen molar-refractivity contribution in [3.8, 4) is 0 Å². The quantitative estimate of drug-likeness (QED) is 0.523. The molecule has 0 saturated heterocycles. The van der Waals surface area contributed by atoms with E-state index in [-0.39, 0.29) is 0 Å². The minimum atomic E-state index is 0.386. The topological polar surface area (TPSA) is 0 Å². The normalized spacial score (nSPS) is 13.9. The van der Waals surface area contributed by atoms with Crippen LogP contribution in [0, 0.1) is 0 Å². The zero-order chi connectivity index (χ0) is 6.41. The van der Waals surface area contributed by atoms with Crippen LogP contribution in [0.1, 0.15) is 26.7 Å². The molecule has 50 valence electrons. The fraction of sp³-hybridized carbons (Fsp3) is 1.00. The Labute approximate surface area is 66.7 Å². The molecule has 0 aliphatic carbocycles. The number of halogens is 1. The van der Waals surface area contributed by atoms with Crippen molar-refractivity contribution >= 4 is 27.6 Å². The summed E-state index contributed by atoms with van der Waals surface area (Å²) in [5, 5.41) is 0. The lowest BCUT2D eigenvalue weighted by atomic mass is 10.4. The second-order valence-corrected chi connectivity index (χ2v) is 7.95. The lowest BCUT2D eigenvalue weighted by Gasteiger charge is -2.03. The summed E-state index contributed by atoms with van der Waals surface area (Å²) in [4.78, 5) is 0. The van der Waals surface area contributed by atoms with Crippen LogP contribution in [0.4, 0.5) is 0 Å². The van der Waals surface area contributed by atoms with E-state index in [9.17, 15) is 0 Å². The van der Waals surface area contributed by atoms with Crippen LogP contribution in [0.15, 0.2) is 0 Å². The molecule has 0 heterocycles. The van der Waals surface area contributed by atoms with Gasteiger partial charge in [0.25, 0.3) is 0 Å². The molecule has 1 unspecified atom stereocenters. The van der Waals surface area contributed by atoms with E-state index in [2.05, 4.69) is 35.9 Å². The van der Waals surface area contributed by atoms with Crippen LogP contribution >= 0.6 is 27.6 Å². The molecule has 2 heteroatoms. The van der Waals surface area contributed by atoms with Crippen molar-refractivity contribution in [2.75, 3.05) is 12.3 Å². The molecule has 0 nitrogen and oxygen atoms in total. The van der Waals surface area contributed by atoms with Gasteiger partial charge in [-0.05, 0) is 24.3 Å². The van der Waals surface area contributed by atoms with Crippen molar-refractivity contribution in [1.82, 2.24) is 0 Å². The summed E-state index contributed by atoms with van der Waals surface area (Å²) in [5.74, 6) is 0. The van der Waals surface area contributed by atoms with E-state index in [0.717, 1.165) is 0 Å². The van der Waals surface area contributed by atoms with Gasteiger partial charge >= 0.3 is 0 Å². The predicted octanol–water partition coefficient (Wildman–Crippen LogP) is 3.64. The molecule has 0 bridgehead atoms. The molecule has 0 N–H and O–H groups in total. The van der Waals surface area contributed by atoms with Gasteiger partial charge in [-0.15, -0.1) is 0 Å². The monoisotopic (exact) mass is 244 g/mol. The average molecular weight is 244 g/mol. The van der Waals surface area contributed by atoms with Crippen LogP contribution in [-0.2, 0) is 0 Å². The highest BCUT2D eigenvalue weighted by Crippen LogP contribution is 2.44. The first-order valence-corrected chi connectivity index (χ1v) is 7.71. The molecular weight excluding hydrogens is 230 g/mol. The highest BCUT2D eigenvalue weighted by atomic mass is 127. The van der Waals surface area contributed by atoms with Crippen molar-refractivity contribution in [3.63, 3.8) is 0 Å². The van der Waals surface area contributed by atoms with Gasteiger partial charge in [0, 0.05) is 0 Å². The fourth-order valence-corrected chi connectivity index (χ4v) is 2.49. The summed E-state index contributed by atoms with van der Waals surface area (Å²) in [6.07, 6.45) is 5.67. The van der Waals surface area contributed by atoms with Crippen LogP contribution in [0.3, 0.4) is 0 Å². The minimum absolute atomic E-state index is 0.386. The van der Waals surface area contributed by atoms with Crippen molar-refractivity contribution in [3.05, 3.63) is 0 Å². The number of unbranched alkanes of at least 4 members (excludes halogenated alkanes) is 1. The lowest BCUT2D eigenvalue weighted by molar-refractivity contribution is 0.893. The van der Waals surface area contributed by atoms with Crippen molar-refractivity contribution in [1.29, 1.82) is 0 Å². The summed E-state index contributed by atoms with van der Waals surface area (Å²) in [6.45, 7) is 4.54. The summed E-state index contributed by atoms with van der Waals surface area (Å²) >= 11 is 2.59. The van der Waals surface area contributed by atoms with Crippen LogP contribution < -0.4 is 0 Å². The maximum absolute atomic E-state index is 2.59. The highest BCUT2D eigenvalue weighted by molar-refractivity contribution is 14.2. The van der Waals surface area contributed by atoms with E-state index in [1.807, 2.05) is 0 Å². The molecular formula is C6H14IP. The van der Waals surface area contributed by atoms with Gasteiger partial charge < -0.3 is 0 Å². The predicted molar refractivity (Wildman–Crippen MR) is 51.3 cm³/mol. The first-order chi connectivity index (χ1) is 3.81. The van der Waals surface area contributed by atoms with E-state index < -0.39 is 0 Å². The Morgan fingerprint density at radius 1 is 1.38 bits per heavy atom. The van der Waals surface area contributed by atoms with Crippen LogP contribution in [0.2, 0.25) is 0 Å². The molecule has 0 aromatic heterocycles. The Morgan fingerprint density at radius 2 is 2.00 bits per heavy atom. The molecule has 0 aliphatic heterocycles. The molecule has 0 aromatic carbocycles. The van der Waals surface area contributed by atoms with Gasteiger partial charge in [-0.25, -0.2) is 0 Å². The summed E-state index contributed by atoms with van der Waals surface area (Å²) < 4.78 is 0. The Balaban J connectivity index is 2.86. The largest absolute Gasteiger partial charge is 0.0654 e. The molecule has 0 amide bonds. The van der Waals surface area contributed by atoms with E-state index >= 15 is 0 Å². The van der Waals surface area contributed by atoms with Crippen molar-refractivity contribution in [2.45, 2.75) is 26.7 Å². The molecule has 0 radical (unpaired) electrons. The summed E-state index contributed by atoms with van der Waals surface area (Å²) in [7, 11) is 0. The van der Waals surface area contributed by atoms with Gasteiger partial charge in [-0.2, -0.15) is 0 Å². The maximum Gasteiger partial charge on any atom is -0.0235 e. The third-order valence-electron chi connectivity index (χ3n) is 1.10. The maximum atomic E-state index is 2.59. The van der Waals surface area contributed by atoms with Gasteiger partial charge in [-0.1, -0.05) is 42.3 Å². The molecule has 0 aliphatic rings. The minimum Gasteiger partial charge on any atom is -0.0654 e. The molecule has 1 atom stereocenters. The summed E-state index contributed by atoms with van der Waals surface area (Å²) in [5.41, 5.74) is 0.386. The Kier molecular flexibility index (Phi) is 7.19. The lowest BCUT2D eigenvalue weighted by Crippen LogP contribution is -1.78. The molecule has 0 rings (SSSR count). The van der Waals surface area contributed by atoms with Crippen LogP contribution in [-0.4, -0.2) is 12.3 Å². The van der Waals surface area contributed by atoms with E-state index in [1.165, 1.54) is 25.2 Å². The van der Waals surface area contributed by atoms with Gasteiger partial charge in [0.2, 0.25) is 0 Å². The molecule has 8 heavy (non-hydrogen) atoms. The van der Waals surface area contributed by atoms with Crippen LogP contribution in [0.5, 0.6) is 0 Å². The van der Waals surface area contributed by atoms with Crippen LogP contribution in [0.25, 0.3) is 0 Å².